The molecule has 5 nitrogen and oxygen atoms in total. The number of hydrogen-bond donors (Lipinski definition) is 3. The minimum atomic E-state index is -1.02. The highest BCUT2D eigenvalue weighted by molar-refractivity contribution is 7.24. The first-order chi connectivity index (χ1) is 15.0. The first kappa shape index (κ1) is 24.2. The van der Waals surface area contributed by atoms with E-state index >= 15 is 0 Å². The standard InChI is InChI=1S/C25H25NO4S.ClH/c26-25(15-27,16-28)11-10-17-6-8-22-20(12-17)24(29)21-13-19(7-9-23(21)31-22)30-14-18-4-2-1-3-5-18;/h1-9,12-13,27-28H,10-11,14-16,26H2;1H. The third-order valence-electron chi connectivity index (χ3n) is 5.49. The van der Waals surface area contributed by atoms with Crippen molar-refractivity contribution < 1.29 is 14.9 Å². The van der Waals surface area contributed by atoms with Crippen LogP contribution < -0.4 is 15.9 Å². The van der Waals surface area contributed by atoms with Crippen molar-refractivity contribution in [2.24, 2.45) is 5.73 Å². The first-order valence-corrected chi connectivity index (χ1v) is 11.0. The number of rotatable bonds is 8. The molecule has 32 heavy (non-hydrogen) atoms. The van der Waals surface area contributed by atoms with Gasteiger partial charge in [0.1, 0.15) is 12.4 Å². The van der Waals surface area contributed by atoms with Crippen LogP contribution in [-0.2, 0) is 13.0 Å². The van der Waals surface area contributed by atoms with Gasteiger partial charge >= 0.3 is 0 Å². The van der Waals surface area contributed by atoms with Gasteiger partial charge in [-0.15, -0.1) is 23.7 Å². The molecular weight excluding hydrogens is 446 g/mol. The molecule has 0 saturated heterocycles. The minimum Gasteiger partial charge on any atom is -0.489 e. The van der Waals surface area contributed by atoms with Crippen LogP contribution in [0.3, 0.4) is 0 Å². The molecule has 1 aromatic heterocycles. The second-order valence-corrected chi connectivity index (χ2v) is 8.96. The summed E-state index contributed by atoms with van der Waals surface area (Å²) in [5.41, 5.74) is 6.94. The van der Waals surface area contributed by atoms with Crippen LogP contribution in [0.25, 0.3) is 20.2 Å². The molecule has 0 spiro atoms. The molecule has 3 aromatic carbocycles. The molecule has 0 radical (unpaired) electrons. The van der Waals surface area contributed by atoms with Gasteiger partial charge in [0.05, 0.1) is 18.8 Å². The SMILES string of the molecule is Cl.NC(CO)(CO)CCc1ccc2sc3ccc(OCc4ccccc4)cc3c(=O)c2c1. The van der Waals surface area contributed by atoms with Crippen LogP contribution in [0.1, 0.15) is 17.5 Å². The van der Waals surface area contributed by atoms with Gasteiger partial charge in [0, 0.05) is 20.2 Å². The van der Waals surface area contributed by atoms with Crippen LogP contribution in [0.4, 0.5) is 0 Å². The maximum Gasteiger partial charge on any atom is 0.196 e. The fourth-order valence-electron chi connectivity index (χ4n) is 3.47. The van der Waals surface area contributed by atoms with Gasteiger partial charge in [-0.25, -0.2) is 0 Å². The molecular formula is C25H26ClNO4S. The number of benzene rings is 3. The molecule has 7 heteroatoms. The fraction of sp³-hybridized carbons (Fsp3) is 0.240. The lowest BCUT2D eigenvalue weighted by Gasteiger charge is -2.24. The minimum absolute atomic E-state index is 0. The summed E-state index contributed by atoms with van der Waals surface area (Å²) in [6.45, 7) is -0.136. The van der Waals surface area contributed by atoms with E-state index in [4.69, 9.17) is 10.5 Å². The van der Waals surface area contributed by atoms with E-state index in [1.165, 1.54) is 0 Å². The average molecular weight is 472 g/mol. The summed E-state index contributed by atoms with van der Waals surface area (Å²) in [6.07, 6.45) is 0.990. The summed E-state index contributed by atoms with van der Waals surface area (Å²) in [5.74, 6) is 0.662. The maximum atomic E-state index is 13.2. The molecule has 168 valence electrons. The summed E-state index contributed by atoms with van der Waals surface area (Å²) in [6, 6.07) is 21.3. The van der Waals surface area contributed by atoms with Crippen LogP contribution in [0.5, 0.6) is 5.75 Å². The van der Waals surface area contributed by atoms with Gasteiger partial charge < -0.3 is 20.7 Å². The van der Waals surface area contributed by atoms with E-state index in [2.05, 4.69) is 0 Å². The van der Waals surface area contributed by atoms with Gasteiger partial charge in [-0.05, 0) is 54.3 Å². The molecule has 0 unspecified atom stereocenters. The van der Waals surface area contributed by atoms with E-state index in [0.29, 0.717) is 36.0 Å². The van der Waals surface area contributed by atoms with E-state index in [1.807, 2.05) is 66.7 Å². The molecule has 4 aromatic rings. The number of fused-ring (bicyclic) bond motifs is 2. The Morgan fingerprint density at radius 2 is 1.53 bits per heavy atom. The Hall–Kier alpha value is -2.48. The van der Waals surface area contributed by atoms with E-state index in [0.717, 1.165) is 20.5 Å². The lowest BCUT2D eigenvalue weighted by Crippen LogP contribution is -2.47. The van der Waals surface area contributed by atoms with Crippen molar-refractivity contribution in [3.05, 3.63) is 88.1 Å². The molecule has 0 aliphatic carbocycles. The summed E-state index contributed by atoms with van der Waals surface area (Å²) in [4.78, 5) is 13.2. The Balaban J connectivity index is 0.00000289. The third kappa shape index (κ3) is 5.28. The molecule has 1 heterocycles. The molecule has 0 bridgehead atoms. The van der Waals surface area contributed by atoms with E-state index < -0.39 is 5.54 Å². The number of ether oxygens (including phenoxy) is 1. The molecule has 4 rings (SSSR count). The second-order valence-electron chi connectivity index (χ2n) is 7.87. The Bertz CT molecular complexity index is 1260. The Labute approximate surface area is 196 Å². The highest BCUT2D eigenvalue weighted by atomic mass is 35.5. The molecule has 0 aliphatic rings. The predicted molar refractivity (Wildman–Crippen MR) is 133 cm³/mol. The van der Waals surface area contributed by atoms with Gasteiger partial charge in [-0.3, -0.25) is 4.79 Å². The van der Waals surface area contributed by atoms with Crippen LogP contribution >= 0.6 is 23.7 Å². The van der Waals surface area contributed by atoms with Crippen LogP contribution in [0, 0.1) is 0 Å². The van der Waals surface area contributed by atoms with Gasteiger partial charge in [0.15, 0.2) is 5.43 Å². The topological polar surface area (TPSA) is 92.8 Å². The lowest BCUT2D eigenvalue weighted by molar-refractivity contribution is 0.115. The average Bonchev–Trinajstić information content (AvgIpc) is 2.82. The Kier molecular flexibility index (Phi) is 7.87. The van der Waals surface area contributed by atoms with E-state index in [-0.39, 0.29) is 31.0 Å². The normalized spacial score (nSPS) is 11.5. The molecule has 4 N–H and O–H groups in total. The number of halogens is 1. The summed E-state index contributed by atoms with van der Waals surface area (Å²) >= 11 is 1.57. The second kappa shape index (κ2) is 10.4. The number of nitrogens with two attached hydrogens (primary N) is 1. The van der Waals surface area contributed by atoms with Crippen molar-refractivity contribution in [2.75, 3.05) is 13.2 Å². The van der Waals surface area contributed by atoms with E-state index in [1.54, 1.807) is 11.3 Å². The zero-order chi connectivity index (χ0) is 21.8. The van der Waals surface area contributed by atoms with Crippen molar-refractivity contribution in [3.63, 3.8) is 0 Å². The van der Waals surface area contributed by atoms with Crippen molar-refractivity contribution in [3.8, 4) is 5.75 Å². The van der Waals surface area contributed by atoms with Crippen molar-refractivity contribution in [1.82, 2.24) is 0 Å². The molecule has 0 atom stereocenters. The summed E-state index contributed by atoms with van der Waals surface area (Å²) in [7, 11) is 0. The number of aliphatic hydroxyl groups excluding tert-OH is 2. The van der Waals surface area contributed by atoms with Gasteiger partial charge in [-0.1, -0.05) is 36.4 Å². The van der Waals surface area contributed by atoms with Crippen LogP contribution in [0.2, 0.25) is 0 Å². The van der Waals surface area contributed by atoms with Gasteiger partial charge in [-0.2, -0.15) is 0 Å². The van der Waals surface area contributed by atoms with Crippen LogP contribution in [-0.4, -0.2) is 29.0 Å². The third-order valence-corrected chi connectivity index (χ3v) is 6.65. The first-order valence-electron chi connectivity index (χ1n) is 10.2. The van der Waals surface area contributed by atoms with E-state index in [9.17, 15) is 15.0 Å². The Morgan fingerprint density at radius 3 is 2.22 bits per heavy atom. The maximum absolute atomic E-state index is 13.2. The zero-order valence-electron chi connectivity index (χ0n) is 17.5. The predicted octanol–water partition coefficient (Wildman–Crippen LogP) is 4.03. The van der Waals surface area contributed by atoms with Crippen molar-refractivity contribution in [2.45, 2.75) is 25.0 Å². The number of aliphatic hydroxyl groups is 2. The highest BCUT2D eigenvalue weighted by Gasteiger charge is 2.22. The largest absolute Gasteiger partial charge is 0.489 e. The molecule has 0 aliphatic heterocycles. The highest BCUT2D eigenvalue weighted by Crippen LogP contribution is 2.28. The zero-order valence-corrected chi connectivity index (χ0v) is 19.1. The summed E-state index contributed by atoms with van der Waals surface area (Å²) < 4.78 is 7.73. The lowest BCUT2D eigenvalue weighted by atomic mass is 9.93. The smallest absolute Gasteiger partial charge is 0.196 e. The number of hydrogen-bond acceptors (Lipinski definition) is 6. The molecule has 0 amide bonds. The molecule has 0 fully saturated rings. The molecule has 0 saturated carbocycles. The number of aryl methyl sites for hydroxylation is 1. The van der Waals surface area contributed by atoms with Crippen LogP contribution in [0.15, 0.2) is 71.5 Å². The van der Waals surface area contributed by atoms with Crippen molar-refractivity contribution >= 4 is 43.9 Å². The monoisotopic (exact) mass is 471 g/mol. The summed E-state index contributed by atoms with van der Waals surface area (Å²) in [5, 5.41) is 20.1. The fourth-order valence-corrected chi connectivity index (χ4v) is 4.50. The quantitative estimate of drug-likeness (QED) is 0.337. The van der Waals surface area contributed by atoms with Gasteiger partial charge in [0.25, 0.3) is 0 Å². The van der Waals surface area contributed by atoms with Crippen molar-refractivity contribution in [1.29, 1.82) is 0 Å². The Morgan fingerprint density at radius 1 is 0.875 bits per heavy atom. The van der Waals surface area contributed by atoms with Gasteiger partial charge in [0.2, 0.25) is 0 Å².